The van der Waals surface area contributed by atoms with Crippen LogP contribution in [0.1, 0.15) is 16.6 Å². The largest absolute Gasteiger partial charge is 0.295 e. The van der Waals surface area contributed by atoms with Crippen LogP contribution in [0.4, 0.5) is 11.4 Å². The molecule has 0 spiro atoms. The molecule has 29 heavy (non-hydrogen) atoms. The third-order valence-corrected chi connectivity index (χ3v) is 6.23. The molecular weight excluding hydrogens is 392 g/mol. The number of thioether (sulfide) groups is 1. The van der Waals surface area contributed by atoms with Gasteiger partial charge in [0.05, 0.1) is 27.6 Å². The van der Waals surface area contributed by atoms with Crippen molar-refractivity contribution in [2.24, 2.45) is 7.05 Å². The van der Waals surface area contributed by atoms with Crippen molar-refractivity contribution in [1.82, 2.24) is 9.36 Å². The highest BCUT2D eigenvalue weighted by atomic mass is 32.2. The van der Waals surface area contributed by atoms with E-state index in [4.69, 9.17) is 0 Å². The van der Waals surface area contributed by atoms with E-state index in [0.29, 0.717) is 16.9 Å². The summed E-state index contributed by atoms with van der Waals surface area (Å²) in [5.41, 5.74) is 1.53. The number of nitrogens with zero attached hydrogens (tertiary/aromatic N) is 4. The van der Waals surface area contributed by atoms with Crippen LogP contribution in [0.3, 0.4) is 0 Å². The number of carbonyl (C=O) groups excluding carboxylic acids is 1. The molecule has 1 saturated heterocycles. The summed E-state index contributed by atoms with van der Waals surface area (Å²) in [6.07, 6.45) is 0. The Hall–Kier alpha value is -3.33. The molecule has 0 saturated carbocycles. The maximum Gasteiger partial charge on any atom is 0.295 e. The van der Waals surface area contributed by atoms with E-state index in [1.807, 2.05) is 30.3 Å². The first kappa shape index (κ1) is 19.0. The first-order valence-electron chi connectivity index (χ1n) is 8.93. The Morgan fingerprint density at radius 2 is 1.72 bits per heavy atom. The molecule has 1 atom stereocenters. The third kappa shape index (κ3) is 3.03. The average molecular weight is 410 g/mol. The molecule has 148 valence electrons. The van der Waals surface area contributed by atoms with Crippen molar-refractivity contribution in [1.29, 1.82) is 0 Å². The molecule has 1 amide bonds. The van der Waals surface area contributed by atoms with Crippen LogP contribution >= 0.6 is 11.8 Å². The van der Waals surface area contributed by atoms with Crippen LogP contribution in [0.25, 0.3) is 5.69 Å². The van der Waals surface area contributed by atoms with Crippen molar-refractivity contribution in [3.8, 4) is 5.69 Å². The normalized spacial score (nSPS) is 16.4. The minimum atomic E-state index is -0.637. The predicted octanol–water partition coefficient (Wildman–Crippen LogP) is 3.17. The number of carbonyl (C=O) groups is 1. The lowest BCUT2D eigenvalue weighted by Gasteiger charge is -2.22. The molecule has 0 N–H and O–H groups in total. The molecular formula is C20H18N4O4S. The van der Waals surface area contributed by atoms with Gasteiger partial charge in [0.2, 0.25) is 5.91 Å². The second-order valence-corrected chi connectivity index (χ2v) is 7.72. The first-order chi connectivity index (χ1) is 13.9. The van der Waals surface area contributed by atoms with Gasteiger partial charge in [-0.3, -0.25) is 29.3 Å². The molecule has 9 heteroatoms. The number of nitro groups is 1. The summed E-state index contributed by atoms with van der Waals surface area (Å²) in [7, 11) is 1.75. The van der Waals surface area contributed by atoms with Crippen molar-refractivity contribution in [3.63, 3.8) is 0 Å². The maximum atomic E-state index is 13.3. The van der Waals surface area contributed by atoms with Crippen molar-refractivity contribution in [2.75, 3.05) is 10.7 Å². The number of para-hydroxylation sites is 2. The van der Waals surface area contributed by atoms with E-state index >= 15 is 0 Å². The van der Waals surface area contributed by atoms with Gasteiger partial charge in [0.1, 0.15) is 11.1 Å². The van der Waals surface area contributed by atoms with Crippen molar-refractivity contribution >= 4 is 29.0 Å². The molecule has 0 bridgehead atoms. The lowest BCUT2D eigenvalue weighted by atomic mass is 10.1. The number of anilines is 1. The van der Waals surface area contributed by atoms with Gasteiger partial charge < -0.3 is 0 Å². The average Bonchev–Trinajstić information content (AvgIpc) is 3.19. The van der Waals surface area contributed by atoms with Gasteiger partial charge in [-0.1, -0.05) is 30.3 Å². The molecule has 0 aliphatic carbocycles. The molecule has 0 radical (unpaired) electrons. The standard InChI is InChI=1S/C20H18N4O4S/c1-13-18(19(26)23(21(13)2)14-8-4-3-5-9-14)22-17(25)12-29-20(22)15-10-6-7-11-16(15)24(27)28/h3-11,20H,12H2,1-2H3. The van der Waals surface area contributed by atoms with Crippen molar-refractivity contribution in [3.05, 3.63) is 86.3 Å². The molecule has 3 aromatic rings. The van der Waals surface area contributed by atoms with Crippen LogP contribution in [-0.2, 0) is 11.8 Å². The fraction of sp³-hybridized carbons (Fsp3) is 0.200. The van der Waals surface area contributed by atoms with Gasteiger partial charge in [0.25, 0.3) is 11.2 Å². The maximum absolute atomic E-state index is 13.3. The highest BCUT2D eigenvalue weighted by Gasteiger charge is 2.40. The van der Waals surface area contributed by atoms with Gasteiger partial charge in [-0.2, -0.15) is 0 Å². The van der Waals surface area contributed by atoms with E-state index in [0.717, 1.165) is 0 Å². The summed E-state index contributed by atoms with van der Waals surface area (Å²) in [4.78, 5) is 38.6. The Bertz CT molecular complexity index is 1170. The molecule has 1 aliphatic rings. The topological polar surface area (TPSA) is 90.4 Å². The Balaban J connectivity index is 1.89. The molecule has 2 heterocycles. The van der Waals surface area contributed by atoms with Gasteiger partial charge in [-0.15, -0.1) is 11.8 Å². The second kappa shape index (κ2) is 7.25. The number of hydrogen-bond donors (Lipinski definition) is 0. The number of rotatable bonds is 4. The lowest BCUT2D eigenvalue weighted by molar-refractivity contribution is -0.385. The van der Waals surface area contributed by atoms with Gasteiger partial charge in [0.15, 0.2) is 0 Å². The molecule has 2 aromatic carbocycles. The molecule has 1 aromatic heterocycles. The third-order valence-electron chi connectivity index (χ3n) is 5.03. The Kier molecular flexibility index (Phi) is 4.75. The molecule has 1 unspecified atom stereocenters. The Labute approximate surface area is 170 Å². The summed E-state index contributed by atoms with van der Waals surface area (Å²) in [6, 6.07) is 15.5. The number of amides is 1. The minimum absolute atomic E-state index is 0.0679. The van der Waals surface area contributed by atoms with E-state index in [9.17, 15) is 19.7 Å². The number of aromatic nitrogens is 2. The molecule has 1 fully saturated rings. The van der Waals surface area contributed by atoms with Crippen molar-refractivity contribution in [2.45, 2.75) is 12.3 Å². The zero-order chi connectivity index (χ0) is 20.7. The van der Waals surface area contributed by atoms with Crippen LogP contribution in [0.5, 0.6) is 0 Å². The van der Waals surface area contributed by atoms with E-state index in [-0.39, 0.29) is 28.6 Å². The van der Waals surface area contributed by atoms with Crippen molar-refractivity contribution < 1.29 is 9.72 Å². The number of hydrogen-bond acceptors (Lipinski definition) is 5. The first-order valence-corrected chi connectivity index (χ1v) is 9.97. The highest BCUT2D eigenvalue weighted by Crippen LogP contribution is 2.44. The second-order valence-electron chi connectivity index (χ2n) is 6.65. The number of benzene rings is 2. The predicted molar refractivity (Wildman–Crippen MR) is 112 cm³/mol. The smallest absolute Gasteiger partial charge is 0.288 e. The molecule has 8 nitrogen and oxygen atoms in total. The van der Waals surface area contributed by atoms with Gasteiger partial charge in [-0.25, -0.2) is 4.68 Å². The van der Waals surface area contributed by atoms with E-state index < -0.39 is 10.3 Å². The zero-order valence-electron chi connectivity index (χ0n) is 15.8. The summed E-state index contributed by atoms with van der Waals surface area (Å²) in [5, 5.41) is 10.9. The Morgan fingerprint density at radius 3 is 2.41 bits per heavy atom. The zero-order valence-corrected chi connectivity index (χ0v) is 16.6. The fourth-order valence-electron chi connectivity index (χ4n) is 3.59. The lowest BCUT2D eigenvalue weighted by Crippen LogP contribution is -2.33. The van der Waals surface area contributed by atoms with E-state index in [2.05, 4.69) is 0 Å². The van der Waals surface area contributed by atoms with Gasteiger partial charge in [0, 0.05) is 13.1 Å². The minimum Gasteiger partial charge on any atom is -0.288 e. The summed E-state index contributed by atoms with van der Waals surface area (Å²) in [5.74, 6) is -0.0975. The van der Waals surface area contributed by atoms with Crippen LogP contribution in [0.15, 0.2) is 59.4 Å². The van der Waals surface area contributed by atoms with E-state index in [1.54, 1.807) is 36.9 Å². The quantitative estimate of drug-likeness (QED) is 0.487. The Morgan fingerprint density at radius 1 is 1.07 bits per heavy atom. The monoisotopic (exact) mass is 410 g/mol. The van der Waals surface area contributed by atoms with Gasteiger partial charge >= 0.3 is 0 Å². The SMILES string of the molecule is Cc1c(N2C(=O)CSC2c2ccccc2[N+](=O)[O-])c(=O)n(-c2ccccc2)n1C. The molecule has 4 rings (SSSR count). The summed E-state index contributed by atoms with van der Waals surface area (Å²) in [6.45, 7) is 1.77. The number of nitro benzene ring substituents is 1. The van der Waals surface area contributed by atoms with Crippen LogP contribution in [-0.4, -0.2) is 25.9 Å². The van der Waals surface area contributed by atoms with Crippen LogP contribution in [0.2, 0.25) is 0 Å². The van der Waals surface area contributed by atoms with Gasteiger partial charge in [-0.05, 0) is 25.1 Å². The van der Waals surface area contributed by atoms with Crippen LogP contribution < -0.4 is 10.5 Å². The summed E-state index contributed by atoms with van der Waals surface area (Å²) >= 11 is 1.28. The summed E-state index contributed by atoms with van der Waals surface area (Å²) < 4.78 is 3.19. The highest BCUT2D eigenvalue weighted by molar-refractivity contribution is 8.00. The van der Waals surface area contributed by atoms with Crippen LogP contribution in [0, 0.1) is 17.0 Å². The molecule has 1 aliphatic heterocycles. The fourth-order valence-corrected chi connectivity index (χ4v) is 4.78. The van der Waals surface area contributed by atoms with E-state index in [1.165, 1.54) is 27.4 Å².